The molecule has 1 N–H and O–H groups in total. The SMILES string of the molecule is COc1ccc(N2CCN3c4cc(OC)ccc4CC(C(=O)NCc4ccccc4F)C3C2)cc1. The minimum absolute atomic E-state index is 0.0221. The monoisotopic (exact) mass is 475 g/mol. The molecule has 3 aromatic rings. The van der Waals surface area contributed by atoms with E-state index in [1.165, 1.54) is 6.07 Å². The van der Waals surface area contributed by atoms with Crippen molar-refractivity contribution in [3.05, 3.63) is 83.7 Å². The van der Waals surface area contributed by atoms with E-state index in [4.69, 9.17) is 9.47 Å². The summed E-state index contributed by atoms with van der Waals surface area (Å²) in [5.41, 5.74) is 3.85. The molecule has 2 unspecified atom stereocenters. The molecule has 5 rings (SSSR count). The Morgan fingerprint density at radius 3 is 2.49 bits per heavy atom. The van der Waals surface area contributed by atoms with Gasteiger partial charge in [0.05, 0.1) is 26.2 Å². The van der Waals surface area contributed by atoms with Crippen LogP contribution in [0.15, 0.2) is 66.7 Å². The number of nitrogens with zero attached hydrogens (tertiary/aromatic N) is 2. The number of ether oxygens (including phenoxy) is 2. The maximum atomic E-state index is 14.1. The second-order valence-electron chi connectivity index (χ2n) is 9.02. The number of carbonyl (C=O) groups is 1. The Bertz CT molecular complexity index is 1200. The van der Waals surface area contributed by atoms with Crippen LogP contribution in [0.3, 0.4) is 0 Å². The van der Waals surface area contributed by atoms with Crippen LogP contribution in [0.2, 0.25) is 0 Å². The first-order valence-corrected chi connectivity index (χ1v) is 11.9. The van der Waals surface area contributed by atoms with Crippen molar-refractivity contribution in [3.63, 3.8) is 0 Å². The Labute approximate surface area is 205 Å². The first kappa shape index (κ1) is 23.0. The van der Waals surface area contributed by atoms with E-state index in [1.54, 1.807) is 32.4 Å². The first-order valence-electron chi connectivity index (χ1n) is 11.9. The molecule has 2 atom stereocenters. The van der Waals surface area contributed by atoms with Crippen LogP contribution in [0.4, 0.5) is 15.8 Å². The largest absolute Gasteiger partial charge is 0.497 e. The molecule has 1 fully saturated rings. The predicted molar refractivity (Wildman–Crippen MR) is 135 cm³/mol. The minimum Gasteiger partial charge on any atom is -0.497 e. The van der Waals surface area contributed by atoms with Gasteiger partial charge in [-0.1, -0.05) is 24.3 Å². The zero-order valence-corrected chi connectivity index (χ0v) is 20.0. The van der Waals surface area contributed by atoms with Gasteiger partial charge in [-0.05, 0) is 48.4 Å². The molecule has 1 saturated heterocycles. The van der Waals surface area contributed by atoms with Crippen molar-refractivity contribution in [2.45, 2.75) is 19.0 Å². The van der Waals surface area contributed by atoms with Crippen molar-refractivity contribution in [1.82, 2.24) is 5.32 Å². The number of nitrogens with one attached hydrogen (secondary N) is 1. The van der Waals surface area contributed by atoms with Gasteiger partial charge in [-0.15, -0.1) is 0 Å². The molecule has 0 radical (unpaired) electrons. The van der Waals surface area contributed by atoms with Crippen LogP contribution in [0.25, 0.3) is 0 Å². The van der Waals surface area contributed by atoms with E-state index in [0.29, 0.717) is 18.5 Å². The van der Waals surface area contributed by atoms with Crippen LogP contribution < -0.4 is 24.6 Å². The van der Waals surface area contributed by atoms with Crippen molar-refractivity contribution >= 4 is 17.3 Å². The molecule has 2 heterocycles. The second-order valence-corrected chi connectivity index (χ2v) is 9.02. The number of hydrogen-bond donors (Lipinski definition) is 1. The summed E-state index contributed by atoms with van der Waals surface area (Å²) in [6.45, 7) is 2.50. The zero-order chi connectivity index (χ0) is 24.4. The van der Waals surface area contributed by atoms with Gasteiger partial charge in [-0.3, -0.25) is 4.79 Å². The summed E-state index contributed by atoms with van der Waals surface area (Å²) < 4.78 is 24.9. The van der Waals surface area contributed by atoms with Gasteiger partial charge in [0.15, 0.2) is 0 Å². The van der Waals surface area contributed by atoms with Crippen molar-refractivity contribution in [2.75, 3.05) is 43.7 Å². The maximum absolute atomic E-state index is 14.1. The van der Waals surface area contributed by atoms with E-state index < -0.39 is 0 Å². The highest BCUT2D eigenvalue weighted by atomic mass is 19.1. The number of amides is 1. The number of methoxy groups -OCH3 is 2. The summed E-state index contributed by atoms with van der Waals surface area (Å²) in [6, 6.07) is 20.6. The van der Waals surface area contributed by atoms with Gasteiger partial charge in [0.2, 0.25) is 5.91 Å². The average molecular weight is 476 g/mol. The zero-order valence-electron chi connectivity index (χ0n) is 20.0. The van der Waals surface area contributed by atoms with Crippen LogP contribution >= 0.6 is 0 Å². The first-order chi connectivity index (χ1) is 17.1. The quantitative estimate of drug-likeness (QED) is 0.584. The van der Waals surface area contributed by atoms with E-state index in [0.717, 1.165) is 41.5 Å². The third kappa shape index (κ3) is 4.63. The Balaban J connectivity index is 1.41. The molecule has 0 bridgehead atoms. The molecule has 2 aliphatic heterocycles. The Hall–Kier alpha value is -3.74. The van der Waals surface area contributed by atoms with Crippen molar-refractivity contribution in [1.29, 1.82) is 0 Å². The highest BCUT2D eigenvalue weighted by Gasteiger charge is 2.41. The van der Waals surface area contributed by atoms with Crippen molar-refractivity contribution in [2.24, 2.45) is 5.92 Å². The summed E-state index contributed by atoms with van der Waals surface area (Å²) in [6.07, 6.45) is 0.625. The molecule has 35 heavy (non-hydrogen) atoms. The van der Waals surface area contributed by atoms with Gasteiger partial charge >= 0.3 is 0 Å². The highest BCUT2D eigenvalue weighted by Crippen LogP contribution is 2.39. The van der Waals surface area contributed by atoms with Crippen LogP contribution in [-0.2, 0) is 17.8 Å². The summed E-state index contributed by atoms with van der Waals surface area (Å²) in [5.74, 6) is 1.00. The summed E-state index contributed by atoms with van der Waals surface area (Å²) in [5, 5.41) is 3.00. The average Bonchev–Trinajstić information content (AvgIpc) is 2.91. The molecule has 3 aromatic carbocycles. The van der Waals surface area contributed by atoms with Gasteiger partial charge < -0.3 is 24.6 Å². The molecular formula is C28H30FN3O3. The van der Waals surface area contributed by atoms with Gasteiger partial charge in [0, 0.05) is 49.2 Å². The number of benzene rings is 3. The van der Waals surface area contributed by atoms with Crippen LogP contribution in [0.5, 0.6) is 11.5 Å². The number of fused-ring (bicyclic) bond motifs is 3. The fraction of sp³-hybridized carbons (Fsp3) is 0.321. The van der Waals surface area contributed by atoms with E-state index in [-0.39, 0.29) is 30.2 Å². The minimum atomic E-state index is -0.307. The molecule has 0 spiro atoms. The Kier molecular flexibility index (Phi) is 6.49. The van der Waals surface area contributed by atoms with Gasteiger partial charge in [-0.2, -0.15) is 0 Å². The molecule has 182 valence electrons. The van der Waals surface area contributed by atoms with E-state index in [9.17, 15) is 9.18 Å². The second kappa shape index (κ2) is 9.86. The van der Waals surface area contributed by atoms with E-state index in [2.05, 4.69) is 39.4 Å². The lowest BCUT2D eigenvalue weighted by atomic mass is 9.83. The molecule has 1 amide bonds. The summed E-state index contributed by atoms with van der Waals surface area (Å²) in [4.78, 5) is 18.1. The van der Waals surface area contributed by atoms with Crippen molar-refractivity contribution < 1.29 is 18.7 Å². The Morgan fingerprint density at radius 1 is 1.00 bits per heavy atom. The standard InChI is InChI=1S/C28H30FN3O3/c1-34-22-11-8-21(9-12-22)31-13-14-32-26-16-23(35-2)10-7-19(26)15-24(27(32)18-31)28(33)30-17-20-5-3-4-6-25(20)29/h3-12,16,24,27H,13-15,17-18H2,1-2H3,(H,30,33). The van der Waals surface area contributed by atoms with E-state index in [1.807, 2.05) is 18.2 Å². The van der Waals surface area contributed by atoms with Crippen LogP contribution in [-0.4, -0.2) is 45.8 Å². The lowest BCUT2D eigenvalue weighted by Gasteiger charge is -2.49. The topological polar surface area (TPSA) is 54.0 Å². The van der Waals surface area contributed by atoms with Crippen LogP contribution in [0, 0.1) is 11.7 Å². The third-order valence-electron chi connectivity index (χ3n) is 7.11. The molecule has 6 nitrogen and oxygen atoms in total. The maximum Gasteiger partial charge on any atom is 0.225 e. The van der Waals surface area contributed by atoms with Gasteiger partial charge in [0.25, 0.3) is 0 Å². The highest BCUT2D eigenvalue weighted by molar-refractivity contribution is 5.82. The smallest absolute Gasteiger partial charge is 0.225 e. The van der Waals surface area contributed by atoms with Gasteiger partial charge in [0.1, 0.15) is 17.3 Å². The lowest BCUT2D eigenvalue weighted by molar-refractivity contribution is -0.126. The normalized spacial score (nSPS) is 18.9. The Morgan fingerprint density at radius 2 is 1.74 bits per heavy atom. The summed E-state index contributed by atoms with van der Waals surface area (Å²) >= 11 is 0. The number of halogens is 1. The number of hydrogen-bond acceptors (Lipinski definition) is 5. The summed E-state index contributed by atoms with van der Waals surface area (Å²) in [7, 11) is 3.33. The van der Waals surface area contributed by atoms with E-state index >= 15 is 0 Å². The molecule has 0 saturated carbocycles. The molecule has 0 aliphatic carbocycles. The fourth-order valence-corrected chi connectivity index (χ4v) is 5.19. The molecule has 2 aliphatic rings. The molecule has 0 aromatic heterocycles. The van der Waals surface area contributed by atoms with Gasteiger partial charge in [-0.25, -0.2) is 4.39 Å². The lowest BCUT2D eigenvalue weighted by Crippen LogP contribution is -2.61. The number of piperazine rings is 1. The van der Waals surface area contributed by atoms with Crippen LogP contribution in [0.1, 0.15) is 11.1 Å². The number of rotatable bonds is 6. The number of carbonyl (C=O) groups excluding carboxylic acids is 1. The van der Waals surface area contributed by atoms with Crippen molar-refractivity contribution in [3.8, 4) is 11.5 Å². The molecule has 7 heteroatoms. The molecular weight excluding hydrogens is 445 g/mol. The number of anilines is 2. The third-order valence-corrected chi connectivity index (χ3v) is 7.11. The fourth-order valence-electron chi connectivity index (χ4n) is 5.19. The predicted octanol–water partition coefficient (Wildman–Crippen LogP) is 4.03.